The first-order valence-corrected chi connectivity index (χ1v) is 13.4. The minimum absolute atomic E-state index is 0.201. The highest BCUT2D eigenvalue weighted by molar-refractivity contribution is 9.10. The molecular weight excluding hydrogens is 550 g/mol. The molecule has 0 bridgehead atoms. The molecule has 0 unspecified atom stereocenters. The molecule has 0 saturated heterocycles. The van der Waals surface area contributed by atoms with Gasteiger partial charge < -0.3 is 4.74 Å². The average molecular weight is 575 g/mol. The normalized spacial score (nSPS) is 11.5. The first kappa shape index (κ1) is 25.2. The van der Waals surface area contributed by atoms with Gasteiger partial charge in [0.15, 0.2) is 0 Å². The Balaban J connectivity index is 1.61. The summed E-state index contributed by atoms with van der Waals surface area (Å²) < 4.78 is 8.47. The molecule has 37 heavy (non-hydrogen) atoms. The summed E-state index contributed by atoms with van der Waals surface area (Å²) >= 11 is 9.81. The molecule has 1 aromatic heterocycles. The van der Waals surface area contributed by atoms with Crippen LogP contribution in [-0.4, -0.2) is 15.9 Å². The van der Waals surface area contributed by atoms with Crippen LogP contribution >= 0.6 is 27.5 Å². The van der Waals surface area contributed by atoms with Crippen molar-refractivity contribution in [3.63, 3.8) is 0 Å². The van der Waals surface area contributed by atoms with Crippen molar-refractivity contribution >= 4 is 55.4 Å². The first-order chi connectivity index (χ1) is 18.0. The quantitative estimate of drug-likeness (QED) is 0.178. The van der Waals surface area contributed by atoms with E-state index in [2.05, 4.69) is 28.0 Å². The Bertz CT molecular complexity index is 1680. The smallest absolute Gasteiger partial charge is 0.282 e. The van der Waals surface area contributed by atoms with Gasteiger partial charge in [-0.1, -0.05) is 89.4 Å². The Kier molecular flexibility index (Phi) is 7.68. The third-order valence-electron chi connectivity index (χ3n) is 6.20. The number of unbranched alkanes of at least 4 members (excludes halogenated alkanes) is 1. The Morgan fingerprint density at radius 1 is 1.03 bits per heavy atom. The number of aromatic nitrogens is 2. The molecule has 0 saturated carbocycles. The van der Waals surface area contributed by atoms with Crippen molar-refractivity contribution in [2.24, 2.45) is 5.10 Å². The van der Waals surface area contributed by atoms with E-state index in [1.54, 1.807) is 12.3 Å². The summed E-state index contributed by atoms with van der Waals surface area (Å²) in [6, 6.07) is 25.1. The van der Waals surface area contributed by atoms with Gasteiger partial charge >= 0.3 is 0 Å². The fourth-order valence-electron chi connectivity index (χ4n) is 4.23. The van der Waals surface area contributed by atoms with Gasteiger partial charge in [0.05, 0.1) is 17.1 Å². The third-order valence-corrected chi connectivity index (χ3v) is 7.07. The fourth-order valence-corrected chi connectivity index (χ4v) is 4.78. The third kappa shape index (κ3) is 5.45. The van der Waals surface area contributed by atoms with Gasteiger partial charge in [-0.05, 0) is 47.5 Å². The second-order valence-electron chi connectivity index (χ2n) is 8.73. The predicted molar refractivity (Wildman–Crippen MR) is 155 cm³/mol. The van der Waals surface area contributed by atoms with E-state index in [4.69, 9.17) is 21.3 Å². The summed E-state index contributed by atoms with van der Waals surface area (Å²) in [6.07, 6.45) is 4.25. The van der Waals surface area contributed by atoms with Crippen LogP contribution in [0.2, 0.25) is 5.02 Å². The number of fused-ring (bicyclic) bond motifs is 2. The lowest BCUT2D eigenvalue weighted by molar-refractivity contribution is 0.306. The monoisotopic (exact) mass is 573 g/mol. The maximum absolute atomic E-state index is 13.5. The number of hydrogen-bond acceptors (Lipinski definition) is 4. The maximum Gasteiger partial charge on any atom is 0.282 e. The number of benzene rings is 4. The lowest BCUT2D eigenvalue weighted by Gasteiger charge is -2.13. The topological polar surface area (TPSA) is 56.5 Å². The molecule has 0 atom stereocenters. The van der Waals surface area contributed by atoms with Crippen LogP contribution < -0.4 is 10.3 Å². The van der Waals surface area contributed by atoms with E-state index in [1.807, 2.05) is 72.8 Å². The van der Waals surface area contributed by atoms with E-state index in [-0.39, 0.29) is 5.56 Å². The van der Waals surface area contributed by atoms with Gasteiger partial charge in [-0.15, -0.1) is 0 Å². The predicted octanol–water partition coefficient (Wildman–Crippen LogP) is 7.77. The number of nitrogens with zero attached hydrogens (tertiary/aromatic N) is 3. The highest BCUT2D eigenvalue weighted by Gasteiger charge is 2.13. The molecule has 5 rings (SSSR count). The van der Waals surface area contributed by atoms with Gasteiger partial charge in [0.2, 0.25) is 0 Å². The van der Waals surface area contributed by atoms with Crippen molar-refractivity contribution in [3.05, 3.63) is 116 Å². The van der Waals surface area contributed by atoms with Crippen molar-refractivity contribution in [3.8, 4) is 5.75 Å². The highest BCUT2D eigenvalue weighted by Crippen LogP contribution is 2.28. The van der Waals surface area contributed by atoms with Crippen LogP contribution in [0.3, 0.4) is 0 Å². The van der Waals surface area contributed by atoms with Crippen LogP contribution in [-0.2, 0) is 13.0 Å². The molecule has 0 N–H and O–H groups in total. The number of ether oxygens (including phenoxy) is 1. The Morgan fingerprint density at radius 2 is 1.84 bits per heavy atom. The molecule has 1 heterocycles. The van der Waals surface area contributed by atoms with Crippen LogP contribution in [0.5, 0.6) is 5.75 Å². The highest BCUT2D eigenvalue weighted by atomic mass is 79.9. The van der Waals surface area contributed by atoms with Gasteiger partial charge in [0, 0.05) is 27.0 Å². The van der Waals surface area contributed by atoms with Crippen LogP contribution in [0.4, 0.5) is 0 Å². The minimum atomic E-state index is -0.201. The maximum atomic E-state index is 13.5. The summed E-state index contributed by atoms with van der Waals surface area (Å²) in [5.74, 6) is 1.29. The number of rotatable bonds is 8. The zero-order valence-corrected chi connectivity index (χ0v) is 22.7. The van der Waals surface area contributed by atoms with Crippen LogP contribution in [0.1, 0.15) is 36.7 Å². The number of hydrogen-bond donors (Lipinski definition) is 0. The van der Waals surface area contributed by atoms with Crippen LogP contribution in [0.25, 0.3) is 21.7 Å². The van der Waals surface area contributed by atoms with E-state index in [0.717, 1.165) is 39.2 Å². The zero-order chi connectivity index (χ0) is 25.8. The lowest BCUT2D eigenvalue weighted by atomic mass is 10.0. The Hall–Kier alpha value is -3.48. The van der Waals surface area contributed by atoms with E-state index in [0.29, 0.717) is 40.5 Å². The van der Waals surface area contributed by atoms with E-state index in [9.17, 15) is 4.79 Å². The van der Waals surface area contributed by atoms with E-state index < -0.39 is 0 Å². The largest absolute Gasteiger partial charge is 0.488 e. The van der Waals surface area contributed by atoms with Crippen molar-refractivity contribution in [1.82, 2.24) is 9.66 Å². The molecule has 5 nitrogen and oxygen atoms in total. The summed E-state index contributed by atoms with van der Waals surface area (Å²) in [4.78, 5) is 18.3. The lowest BCUT2D eigenvalue weighted by Crippen LogP contribution is -2.22. The Labute approximate surface area is 228 Å². The van der Waals surface area contributed by atoms with Gasteiger partial charge in [-0.3, -0.25) is 4.79 Å². The molecule has 0 fully saturated rings. The molecule has 186 valence electrons. The standard InChI is InChI=1S/C30H25BrClN3O2/c1-2-3-12-29-34-27-15-14-22(31)17-24(27)30(36)35(29)33-18-25-23-10-6-4-8-20(23)13-16-28(25)37-19-21-9-5-7-11-26(21)32/h4-11,13-18H,2-3,12,19H2,1H3. The average Bonchev–Trinajstić information content (AvgIpc) is 2.91. The molecule has 0 aliphatic heterocycles. The molecule has 0 aliphatic carbocycles. The summed E-state index contributed by atoms with van der Waals surface area (Å²) in [5.41, 5.74) is 2.14. The second-order valence-corrected chi connectivity index (χ2v) is 10.1. The number of halogens is 2. The van der Waals surface area contributed by atoms with Crippen LogP contribution in [0, 0.1) is 0 Å². The van der Waals surface area contributed by atoms with Gasteiger partial charge in [0.1, 0.15) is 18.2 Å². The first-order valence-electron chi connectivity index (χ1n) is 12.2. The molecule has 0 amide bonds. The fraction of sp³-hybridized carbons (Fsp3) is 0.167. The van der Waals surface area contributed by atoms with Gasteiger partial charge in [-0.25, -0.2) is 4.98 Å². The van der Waals surface area contributed by atoms with Crippen molar-refractivity contribution < 1.29 is 4.74 Å². The molecule has 7 heteroatoms. The Morgan fingerprint density at radius 3 is 2.68 bits per heavy atom. The summed E-state index contributed by atoms with van der Waals surface area (Å²) in [5, 5.41) is 7.88. The molecule has 5 aromatic rings. The van der Waals surface area contributed by atoms with Gasteiger partial charge in [-0.2, -0.15) is 9.78 Å². The summed E-state index contributed by atoms with van der Waals surface area (Å²) in [6.45, 7) is 2.43. The van der Waals surface area contributed by atoms with Gasteiger partial charge in [0.25, 0.3) is 5.56 Å². The van der Waals surface area contributed by atoms with Crippen molar-refractivity contribution in [2.45, 2.75) is 32.8 Å². The zero-order valence-electron chi connectivity index (χ0n) is 20.3. The minimum Gasteiger partial charge on any atom is -0.488 e. The summed E-state index contributed by atoms with van der Waals surface area (Å²) in [7, 11) is 0. The van der Waals surface area contributed by atoms with Crippen molar-refractivity contribution in [2.75, 3.05) is 0 Å². The molecule has 0 aliphatic rings. The molecule has 4 aromatic carbocycles. The SMILES string of the molecule is CCCCc1nc2ccc(Br)cc2c(=O)n1N=Cc1c(OCc2ccccc2Cl)ccc2ccccc12. The molecular formula is C30H25BrClN3O2. The van der Waals surface area contributed by atoms with Crippen LogP contribution in [0.15, 0.2) is 93.2 Å². The molecule has 0 radical (unpaired) electrons. The molecule has 0 spiro atoms. The second kappa shape index (κ2) is 11.3. The van der Waals surface area contributed by atoms with E-state index in [1.165, 1.54) is 4.68 Å². The van der Waals surface area contributed by atoms with E-state index >= 15 is 0 Å². The van der Waals surface area contributed by atoms with Crippen molar-refractivity contribution in [1.29, 1.82) is 0 Å². The number of aryl methyl sites for hydroxylation is 1.